The molecule has 7 nitrogen and oxygen atoms in total. The molecule has 3 aromatic rings. The van der Waals surface area contributed by atoms with Crippen LogP contribution in [0.15, 0.2) is 54.7 Å². The first kappa shape index (κ1) is 19.8. The Bertz CT molecular complexity index is 1090. The number of carboxylic acid groups (broad SMARTS) is 1. The van der Waals surface area contributed by atoms with Crippen LogP contribution in [0.1, 0.15) is 12.5 Å². The fraction of sp³-hybridized carbons (Fsp3) is 0.227. The van der Waals surface area contributed by atoms with Gasteiger partial charge in [0.1, 0.15) is 11.5 Å². The van der Waals surface area contributed by atoms with Crippen molar-refractivity contribution in [2.75, 3.05) is 31.2 Å². The Morgan fingerprint density at radius 3 is 2.57 bits per heavy atom. The third kappa shape index (κ3) is 4.23. The number of nitrogens with zero attached hydrogens (tertiary/aromatic N) is 4. The predicted octanol–water partition coefficient (Wildman–Crippen LogP) is 3.40. The lowest BCUT2D eigenvalue weighted by Crippen LogP contribution is -2.36. The summed E-state index contributed by atoms with van der Waals surface area (Å²) in [7, 11) is 0. The lowest BCUT2D eigenvalue weighted by molar-refractivity contribution is -0.131. The van der Waals surface area contributed by atoms with Crippen LogP contribution >= 0.6 is 0 Å². The minimum atomic E-state index is -0.995. The van der Waals surface area contributed by atoms with Gasteiger partial charge >= 0.3 is 5.97 Å². The molecule has 0 radical (unpaired) electrons. The third-order valence-corrected chi connectivity index (χ3v) is 5.00. The van der Waals surface area contributed by atoms with Crippen LogP contribution in [0.2, 0.25) is 0 Å². The number of halogens is 1. The first-order valence-electron chi connectivity index (χ1n) is 9.58. The summed E-state index contributed by atoms with van der Waals surface area (Å²) in [5, 5.41) is 17.6. The maximum atomic E-state index is 13.2. The molecule has 1 fully saturated rings. The molecule has 1 saturated heterocycles. The van der Waals surface area contributed by atoms with Crippen LogP contribution in [0.5, 0.6) is 0 Å². The highest BCUT2D eigenvalue weighted by Gasteiger charge is 2.18. The number of hydrogen-bond acceptors (Lipinski definition) is 5. The van der Waals surface area contributed by atoms with E-state index in [1.165, 1.54) is 18.2 Å². The predicted molar refractivity (Wildman–Crippen MR) is 111 cm³/mol. The van der Waals surface area contributed by atoms with E-state index in [4.69, 9.17) is 9.84 Å². The van der Waals surface area contributed by atoms with Gasteiger partial charge in [-0.15, -0.1) is 5.10 Å². The minimum Gasteiger partial charge on any atom is -0.478 e. The molecular formula is C22H21FN4O3. The fourth-order valence-electron chi connectivity index (χ4n) is 3.43. The molecule has 0 bridgehead atoms. The summed E-state index contributed by atoms with van der Waals surface area (Å²) in [6.07, 6.45) is 2.96. The first-order valence-corrected chi connectivity index (χ1v) is 9.58. The van der Waals surface area contributed by atoms with Gasteiger partial charge in [-0.3, -0.25) is 0 Å². The van der Waals surface area contributed by atoms with E-state index in [2.05, 4.69) is 15.2 Å². The number of morpholine rings is 1. The summed E-state index contributed by atoms with van der Waals surface area (Å²) in [4.78, 5) is 13.3. The summed E-state index contributed by atoms with van der Waals surface area (Å²) in [5.74, 6) is -1.31. The van der Waals surface area contributed by atoms with Crippen molar-refractivity contribution in [1.29, 1.82) is 0 Å². The summed E-state index contributed by atoms with van der Waals surface area (Å²) < 4.78 is 20.4. The van der Waals surface area contributed by atoms with Crippen LogP contribution in [-0.4, -0.2) is 52.4 Å². The highest BCUT2D eigenvalue weighted by molar-refractivity contribution is 5.90. The minimum absolute atomic E-state index is 0.311. The second-order valence-corrected chi connectivity index (χ2v) is 7.02. The molecule has 0 aliphatic carbocycles. The van der Waals surface area contributed by atoms with Crippen LogP contribution in [0.25, 0.3) is 22.5 Å². The number of aliphatic carboxylic acids is 1. The van der Waals surface area contributed by atoms with Gasteiger partial charge in [0.15, 0.2) is 0 Å². The Labute approximate surface area is 173 Å². The van der Waals surface area contributed by atoms with Crippen LogP contribution < -0.4 is 4.90 Å². The van der Waals surface area contributed by atoms with Crippen molar-refractivity contribution in [3.05, 3.63) is 66.1 Å². The van der Waals surface area contributed by atoms with E-state index in [1.54, 1.807) is 29.9 Å². The smallest absolute Gasteiger partial charge is 0.328 e. The molecule has 154 valence electrons. The number of allylic oxidation sites excluding steroid dienone is 1. The number of ether oxygens (including phenoxy) is 1. The second kappa shape index (κ2) is 8.46. The van der Waals surface area contributed by atoms with Crippen LogP contribution in [0.4, 0.5) is 10.1 Å². The summed E-state index contributed by atoms with van der Waals surface area (Å²) in [6, 6.07) is 11.9. The molecule has 0 amide bonds. The lowest BCUT2D eigenvalue weighted by atomic mass is 10.0. The molecule has 0 unspecified atom stereocenters. The highest BCUT2D eigenvalue weighted by Crippen LogP contribution is 2.30. The molecule has 0 atom stereocenters. The van der Waals surface area contributed by atoms with Gasteiger partial charge < -0.3 is 14.7 Å². The zero-order chi connectivity index (χ0) is 21.1. The molecule has 1 aliphatic heterocycles. The average Bonchev–Trinajstić information content (AvgIpc) is 3.24. The zero-order valence-electron chi connectivity index (χ0n) is 16.5. The normalized spacial score (nSPS) is 14.7. The topological polar surface area (TPSA) is 80.5 Å². The lowest BCUT2D eigenvalue weighted by Gasteiger charge is -2.30. The Balaban J connectivity index is 1.77. The Morgan fingerprint density at radius 1 is 1.13 bits per heavy atom. The van der Waals surface area contributed by atoms with E-state index in [0.717, 1.165) is 35.6 Å². The molecule has 1 N–H and O–H groups in total. The highest BCUT2D eigenvalue weighted by atomic mass is 19.1. The molecule has 8 heteroatoms. The molecule has 2 aromatic carbocycles. The van der Waals surface area contributed by atoms with Gasteiger partial charge in [0.05, 0.1) is 30.8 Å². The van der Waals surface area contributed by atoms with Gasteiger partial charge in [-0.25, -0.2) is 13.9 Å². The SMILES string of the molecule is C/C(=C\C(=O)O)c1ccc(N2CCOCC2)c(-n2cc(-c3ccc(F)cc3)nn2)c1. The molecule has 0 saturated carbocycles. The number of anilines is 1. The van der Waals surface area contributed by atoms with Gasteiger partial charge in [0, 0.05) is 24.7 Å². The van der Waals surface area contributed by atoms with Crippen molar-refractivity contribution in [2.45, 2.75) is 6.92 Å². The number of rotatable bonds is 5. The largest absolute Gasteiger partial charge is 0.478 e. The third-order valence-electron chi connectivity index (χ3n) is 5.00. The summed E-state index contributed by atoms with van der Waals surface area (Å²) in [6.45, 7) is 4.52. The fourth-order valence-corrected chi connectivity index (χ4v) is 3.43. The first-order chi connectivity index (χ1) is 14.5. The molecule has 4 rings (SSSR count). The molecular weight excluding hydrogens is 387 g/mol. The van der Waals surface area contributed by atoms with Crippen molar-refractivity contribution in [2.24, 2.45) is 0 Å². The number of aromatic nitrogens is 3. The Kier molecular flexibility index (Phi) is 5.58. The molecule has 30 heavy (non-hydrogen) atoms. The van der Waals surface area contributed by atoms with E-state index in [9.17, 15) is 9.18 Å². The van der Waals surface area contributed by atoms with Crippen LogP contribution in [0.3, 0.4) is 0 Å². The number of carbonyl (C=O) groups is 1. The molecule has 1 aromatic heterocycles. The number of carboxylic acids is 1. The van der Waals surface area contributed by atoms with Crippen LogP contribution in [0, 0.1) is 5.82 Å². The van der Waals surface area contributed by atoms with Gasteiger partial charge in [0.25, 0.3) is 0 Å². The quantitative estimate of drug-likeness (QED) is 0.652. The van der Waals surface area contributed by atoms with Crippen LogP contribution in [-0.2, 0) is 9.53 Å². The van der Waals surface area contributed by atoms with Crippen molar-refractivity contribution in [3.63, 3.8) is 0 Å². The second-order valence-electron chi connectivity index (χ2n) is 7.02. The van der Waals surface area contributed by atoms with Crippen molar-refractivity contribution in [1.82, 2.24) is 15.0 Å². The maximum absolute atomic E-state index is 13.2. The molecule has 0 spiro atoms. The van der Waals surface area contributed by atoms with E-state index >= 15 is 0 Å². The zero-order valence-corrected chi connectivity index (χ0v) is 16.5. The van der Waals surface area contributed by atoms with Gasteiger partial charge in [-0.05, 0) is 54.5 Å². The van der Waals surface area contributed by atoms with Gasteiger partial charge in [-0.1, -0.05) is 11.3 Å². The van der Waals surface area contributed by atoms with E-state index in [-0.39, 0.29) is 5.82 Å². The van der Waals surface area contributed by atoms with E-state index in [1.807, 2.05) is 18.2 Å². The van der Waals surface area contributed by atoms with E-state index in [0.29, 0.717) is 24.5 Å². The summed E-state index contributed by atoms with van der Waals surface area (Å²) >= 11 is 0. The Morgan fingerprint density at radius 2 is 1.87 bits per heavy atom. The average molecular weight is 408 g/mol. The van der Waals surface area contributed by atoms with Crippen molar-refractivity contribution in [3.8, 4) is 16.9 Å². The number of hydrogen-bond donors (Lipinski definition) is 1. The Hall–Kier alpha value is -3.52. The van der Waals surface area contributed by atoms with Gasteiger partial charge in [-0.2, -0.15) is 0 Å². The monoisotopic (exact) mass is 408 g/mol. The molecule has 1 aliphatic rings. The van der Waals surface area contributed by atoms with Gasteiger partial charge in [0.2, 0.25) is 0 Å². The van der Waals surface area contributed by atoms with E-state index < -0.39 is 5.97 Å². The number of benzene rings is 2. The summed E-state index contributed by atoms with van der Waals surface area (Å²) in [5.41, 5.74) is 4.54. The standard InChI is InChI=1S/C22H21FN4O3/c1-15(12-22(28)29)17-4-7-20(26-8-10-30-11-9-26)21(13-17)27-14-19(24-25-27)16-2-5-18(23)6-3-16/h2-7,12-14H,8-11H2,1H3,(H,28,29)/b15-12+. The maximum Gasteiger partial charge on any atom is 0.328 e. The molecule has 2 heterocycles. The van der Waals surface area contributed by atoms with Crippen molar-refractivity contribution >= 4 is 17.2 Å². The van der Waals surface area contributed by atoms with Crippen molar-refractivity contribution < 1.29 is 19.0 Å².